The van der Waals surface area contributed by atoms with E-state index in [1.165, 1.54) is 6.33 Å². The second-order valence-corrected chi connectivity index (χ2v) is 4.43. The molecule has 0 radical (unpaired) electrons. The van der Waals surface area contributed by atoms with Crippen LogP contribution in [0.1, 0.15) is 13.8 Å². The lowest BCUT2D eigenvalue weighted by Crippen LogP contribution is -2.05. The number of rotatable bonds is 4. The van der Waals surface area contributed by atoms with Gasteiger partial charge in [0.1, 0.15) is 23.0 Å². The molecule has 0 saturated carbocycles. The summed E-state index contributed by atoms with van der Waals surface area (Å²) in [5, 5.41) is 3.54. The minimum Gasteiger partial charge on any atom is -0.491 e. The molecule has 0 fully saturated rings. The fraction of sp³-hybridized carbons (Fsp3) is 0.231. The van der Waals surface area contributed by atoms with E-state index in [0.29, 0.717) is 11.0 Å². The van der Waals surface area contributed by atoms with E-state index in [-0.39, 0.29) is 6.10 Å². The Balaban J connectivity index is 2.06. The van der Waals surface area contributed by atoms with Crippen molar-refractivity contribution in [2.45, 2.75) is 20.0 Å². The number of halogens is 1. The summed E-state index contributed by atoms with van der Waals surface area (Å²) in [5.74, 6) is 1.50. The normalized spacial score (nSPS) is 10.4. The molecule has 18 heavy (non-hydrogen) atoms. The molecule has 2 aromatic rings. The van der Waals surface area contributed by atoms with Gasteiger partial charge in [-0.2, -0.15) is 0 Å². The summed E-state index contributed by atoms with van der Waals surface area (Å²) in [6, 6.07) is 9.33. The third-order valence-electron chi connectivity index (χ3n) is 2.13. The first-order chi connectivity index (χ1) is 8.63. The molecule has 0 atom stereocenters. The maximum absolute atomic E-state index is 5.78. The molecule has 1 heterocycles. The molecule has 94 valence electrons. The average Bonchev–Trinajstić information content (AvgIpc) is 2.31. The van der Waals surface area contributed by atoms with Crippen molar-refractivity contribution in [1.82, 2.24) is 9.97 Å². The largest absolute Gasteiger partial charge is 0.491 e. The number of nitrogens with one attached hydrogen (secondary N) is 1. The first-order valence-electron chi connectivity index (χ1n) is 5.65. The van der Waals surface area contributed by atoms with Crippen molar-refractivity contribution in [3.8, 4) is 5.75 Å². The Bertz CT molecular complexity index is 514. The molecule has 1 aromatic heterocycles. The highest BCUT2D eigenvalue weighted by Gasteiger charge is 2.00. The predicted molar refractivity (Wildman–Crippen MR) is 72.5 cm³/mol. The van der Waals surface area contributed by atoms with Gasteiger partial charge in [-0.25, -0.2) is 9.97 Å². The molecule has 5 heteroatoms. The number of anilines is 2. The molecule has 0 saturated heterocycles. The molecule has 4 nitrogen and oxygen atoms in total. The van der Waals surface area contributed by atoms with E-state index < -0.39 is 0 Å². The maximum Gasteiger partial charge on any atom is 0.135 e. The Hall–Kier alpha value is -1.81. The van der Waals surface area contributed by atoms with Crippen LogP contribution < -0.4 is 10.1 Å². The van der Waals surface area contributed by atoms with Crippen LogP contribution in [0.2, 0.25) is 5.15 Å². The minimum absolute atomic E-state index is 0.171. The van der Waals surface area contributed by atoms with Crippen LogP contribution in [-0.4, -0.2) is 16.1 Å². The Kier molecular flexibility index (Phi) is 3.99. The second kappa shape index (κ2) is 5.69. The SMILES string of the molecule is CC(C)Oc1ccc(Nc2cc(Cl)ncn2)cc1. The maximum atomic E-state index is 5.78. The molecule has 0 spiro atoms. The van der Waals surface area contributed by atoms with Crippen LogP contribution >= 0.6 is 11.6 Å². The second-order valence-electron chi connectivity index (χ2n) is 4.04. The van der Waals surface area contributed by atoms with Crippen LogP contribution in [0.25, 0.3) is 0 Å². The van der Waals surface area contributed by atoms with Crippen LogP contribution in [0.4, 0.5) is 11.5 Å². The summed E-state index contributed by atoms with van der Waals surface area (Å²) < 4.78 is 5.56. The lowest BCUT2D eigenvalue weighted by Gasteiger charge is -2.10. The number of hydrogen-bond donors (Lipinski definition) is 1. The highest BCUT2D eigenvalue weighted by Crippen LogP contribution is 2.20. The number of benzene rings is 1. The van der Waals surface area contributed by atoms with Gasteiger partial charge in [0, 0.05) is 11.8 Å². The Morgan fingerprint density at radius 3 is 2.50 bits per heavy atom. The van der Waals surface area contributed by atoms with E-state index >= 15 is 0 Å². The highest BCUT2D eigenvalue weighted by atomic mass is 35.5. The highest BCUT2D eigenvalue weighted by molar-refractivity contribution is 6.29. The van der Waals surface area contributed by atoms with Crippen LogP contribution in [0, 0.1) is 0 Å². The lowest BCUT2D eigenvalue weighted by atomic mass is 10.3. The molecule has 0 bridgehead atoms. The molecule has 0 aliphatic heterocycles. The van der Waals surface area contributed by atoms with Gasteiger partial charge in [-0.05, 0) is 38.1 Å². The number of hydrogen-bond acceptors (Lipinski definition) is 4. The first-order valence-corrected chi connectivity index (χ1v) is 6.02. The minimum atomic E-state index is 0.171. The topological polar surface area (TPSA) is 47.0 Å². The summed E-state index contributed by atoms with van der Waals surface area (Å²) in [6.45, 7) is 3.99. The van der Waals surface area contributed by atoms with Crippen molar-refractivity contribution in [2.24, 2.45) is 0 Å². The van der Waals surface area contributed by atoms with Gasteiger partial charge in [0.2, 0.25) is 0 Å². The molecule has 0 aliphatic carbocycles. The van der Waals surface area contributed by atoms with Crippen LogP contribution in [0.15, 0.2) is 36.7 Å². The summed E-state index contributed by atoms with van der Waals surface area (Å²) in [4.78, 5) is 7.89. The van der Waals surface area contributed by atoms with E-state index in [1.807, 2.05) is 38.1 Å². The van der Waals surface area contributed by atoms with Gasteiger partial charge >= 0.3 is 0 Å². The van der Waals surface area contributed by atoms with Gasteiger partial charge in [-0.3, -0.25) is 0 Å². The van der Waals surface area contributed by atoms with E-state index in [1.54, 1.807) is 6.07 Å². The van der Waals surface area contributed by atoms with Crippen LogP contribution in [0.5, 0.6) is 5.75 Å². The van der Waals surface area contributed by atoms with E-state index in [2.05, 4.69) is 15.3 Å². The Morgan fingerprint density at radius 1 is 1.17 bits per heavy atom. The zero-order chi connectivity index (χ0) is 13.0. The molecule has 1 aromatic carbocycles. The number of aromatic nitrogens is 2. The molecule has 0 aliphatic rings. The fourth-order valence-corrected chi connectivity index (χ4v) is 1.59. The lowest BCUT2D eigenvalue weighted by molar-refractivity contribution is 0.242. The zero-order valence-corrected chi connectivity index (χ0v) is 11.0. The van der Waals surface area contributed by atoms with Crippen molar-refractivity contribution in [1.29, 1.82) is 0 Å². The number of nitrogens with zero attached hydrogens (tertiary/aromatic N) is 2. The van der Waals surface area contributed by atoms with E-state index in [4.69, 9.17) is 16.3 Å². The zero-order valence-electron chi connectivity index (χ0n) is 10.2. The summed E-state index contributed by atoms with van der Waals surface area (Å²) in [5.41, 5.74) is 0.917. The van der Waals surface area contributed by atoms with Crippen molar-refractivity contribution >= 4 is 23.1 Å². The fourth-order valence-electron chi connectivity index (χ4n) is 1.44. The standard InChI is InChI=1S/C13H14ClN3O/c1-9(2)18-11-5-3-10(4-6-11)17-13-7-12(14)15-8-16-13/h3-9H,1-2H3,(H,15,16,17). The Labute approximate surface area is 111 Å². The van der Waals surface area contributed by atoms with Crippen molar-refractivity contribution in [3.05, 3.63) is 41.8 Å². The smallest absolute Gasteiger partial charge is 0.135 e. The summed E-state index contributed by atoms with van der Waals surface area (Å²) in [6.07, 6.45) is 1.59. The summed E-state index contributed by atoms with van der Waals surface area (Å²) >= 11 is 5.78. The molecule has 0 amide bonds. The molecular formula is C13H14ClN3O. The third kappa shape index (κ3) is 3.60. The van der Waals surface area contributed by atoms with E-state index in [9.17, 15) is 0 Å². The van der Waals surface area contributed by atoms with Gasteiger partial charge in [0.05, 0.1) is 6.10 Å². The quantitative estimate of drug-likeness (QED) is 0.855. The van der Waals surface area contributed by atoms with Crippen LogP contribution in [-0.2, 0) is 0 Å². The molecule has 2 rings (SSSR count). The first kappa shape index (κ1) is 12.6. The predicted octanol–water partition coefficient (Wildman–Crippen LogP) is 3.66. The Morgan fingerprint density at radius 2 is 1.89 bits per heavy atom. The third-order valence-corrected chi connectivity index (χ3v) is 2.34. The van der Waals surface area contributed by atoms with Gasteiger partial charge in [0.15, 0.2) is 0 Å². The van der Waals surface area contributed by atoms with Gasteiger partial charge in [-0.15, -0.1) is 0 Å². The van der Waals surface area contributed by atoms with Crippen LogP contribution in [0.3, 0.4) is 0 Å². The monoisotopic (exact) mass is 263 g/mol. The molecule has 0 unspecified atom stereocenters. The van der Waals surface area contributed by atoms with Crippen molar-refractivity contribution < 1.29 is 4.74 Å². The van der Waals surface area contributed by atoms with Gasteiger partial charge in [0.25, 0.3) is 0 Å². The van der Waals surface area contributed by atoms with Gasteiger partial charge < -0.3 is 10.1 Å². The molecule has 1 N–H and O–H groups in total. The van der Waals surface area contributed by atoms with Gasteiger partial charge in [-0.1, -0.05) is 11.6 Å². The number of ether oxygens (including phenoxy) is 1. The van der Waals surface area contributed by atoms with Crippen molar-refractivity contribution in [2.75, 3.05) is 5.32 Å². The summed E-state index contributed by atoms with van der Waals surface area (Å²) in [7, 11) is 0. The average molecular weight is 264 g/mol. The van der Waals surface area contributed by atoms with E-state index in [0.717, 1.165) is 11.4 Å². The molecular weight excluding hydrogens is 250 g/mol. The van der Waals surface area contributed by atoms with Crippen molar-refractivity contribution in [3.63, 3.8) is 0 Å².